The number of hydrogen-bond donors (Lipinski definition) is 2. The summed E-state index contributed by atoms with van der Waals surface area (Å²) in [6.07, 6.45) is 0. The molecule has 0 spiro atoms. The molecule has 2 aromatic carbocycles. The van der Waals surface area contributed by atoms with E-state index in [0.29, 0.717) is 5.01 Å². The summed E-state index contributed by atoms with van der Waals surface area (Å²) in [5, 5.41) is 10.3. The van der Waals surface area contributed by atoms with Gasteiger partial charge >= 0.3 is 0 Å². The van der Waals surface area contributed by atoms with Crippen molar-refractivity contribution in [2.24, 2.45) is 0 Å². The lowest BCUT2D eigenvalue weighted by Crippen LogP contribution is -2.23. The predicted molar refractivity (Wildman–Crippen MR) is 104 cm³/mol. The maximum Gasteiger partial charge on any atom is 0.286 e. The van der Waals surface area contributed by atoms with Crippen LogP contribution in [0.4, 0.5) is 10.1 Å². The van der Waals surface area contributed by atoms with Crippen LogP contribution in [-0.2, 0) is 16.6 Å². The smallest absolute Gasteiger partial charge is 0.286 e. The number of aromatic nitrogens is 2. The maximum absolute atomic E-state index is 13.6. The number of anilines is 1. The molecule has 0 bridgehead atoms. The molecular weight excluding hydrogens is 403 g/mol. The Labute approximate surface area is 165 Å². The molecule has 28 heavy (non-hydrogen) atoms. The summed E-state index contributed by atoms with van der Waals surface area (Å²) in [5.74, 6) is -1.19. The second kappa shape index (κ2) is 8.13. The van der Waals surface area contributed by atoms with Gasteiger partial charge in [0.05, 0.1) is 17.1 Å². The van der Waals surface area contributed by atoms with Crippen molar-refractivity contribution >= 4 is 33.0 Å². The topological polar surface area (TPSA) is 101 Å². The van der Waals surface area contributed by atoms with Crippen molar-refractivity contribution in [1.82, 2.24) is 14.9 Å². The van der Waals surface area contributed by atoms with Gasteiger partial charge < -0.3 is 5.32 Å². The molecule has 3 aromatic rings. The monoisotopic (exact) mass is 420 g/mol. The van der Waals surface area contributed by atoms with Crippen molar-refractivity contribution in [3.8, 4) is 0 Å². The molecule has 0 radical (unpaired) electrons. The van der Waals surface area contributed by atoms with E-state index in [4.69, 9.17) is 0 Å². The number of nitrogens with one attached hydrogen (secondary N) is 2. The standard InChI is InChI=1S/C18H17FN4O3S2/c1-11-7-12(2)9-13(8-11)28(25,26)20-10-16-22-23-18(27-16)17(24)21-15-6-4-3-5-14(15)19/h3-9,20H,10H2,1-2H3,(H,21,24). The molecule has 0 saturated carbocycles. The number of hydrogen-bond acceptors (Lipinski definition) is 6. The van der Waals surface area contributed by atoms with Gasteiger partial charge in [0.1, 0.15) is 10.8 Å². The van der Waals surface area contributed by atoms with Crippen LogP contribution in [0, 0.1) is 19.7 Å². The number of carbonyl (C=O) groups is 1. The fourth-order valence-corrected chi connectivity index (χ4v) is 4.42. The minimum atomic E-state index is -3.73. The second-order valence-electron chi connectivity index (χ2n) is 6.08. The van der Waals surface area contributed by atoms with Crippen LogP contribution in [0.15, 0.2) is 47.4 Å². The van der Waals surface area contributed by atoms with Crippen molar-refractivity contribution in [2.45, 2.75) is 25.3 Å². The third-order valence-electron chi connectivity index (χ3n) is 3.70. The molecule has 3 rings (SSSR count). The van der Waals surface area contributed by atoms with Gasteiger partial charge in [0.15, 0.2) is 0 Å². The Morgan fingerprint density at radius 1 is 1.11 bits per heavy atom. The van der Waals surface area contributed by atoms with Crippen LogP contribution in [0.2, 0.25) is 0 Å². The molecule has 1 amide bonds. The van der Waals surface area contributed by atoms with Crippen LogP contribution < -0.4 is 10.0 Å². The Hall–Kier alpha value is -2.69. The Morgan fingerprint density at radius 3 is 2.46 bits per heavy atom. The molecule has 7 nitrogen and oxygen atoms in total. The normalized spacial score (nSPS) is 11.4. The third kappa shape index (κ3) is 4.77. The Kier molecular flexibility index (Phi) is 5.82. The maximum atomic E-state index is 13.6. The minimum Gasteiger partial charge on any atom is -0.317 e. The first kappa shape index (κ1) is 20.1. The predicted octanol–water partition coefficient (Wildman–Crippen LogP) is 3.02. The van der Waals surface area contributed by atoms with Crippen molar-refractivity contribution in [3.05, 3.63) is 69.4 Å². The molecule has 2 N–H and O–H groups in total. The molecular formula is C18H17FN4O3S2. The zero-order valence-corrected chi connectivity index (χ0v) is 16.7. The number of rotatable bonds is 6. The number of aryl methyl sites for hydroxylation is 2. The zero-order chi connectivity index (χ0) is 20.3. The average Bonchev–Trinajstić information content (AvgIpc) is 3.10. The lowest BCUT2D eigenvalue weighted by Gasteiger charge is -2.07. The highest BCUT2D eigenvalue weighted by atomic mass is 32.2. The molecule has 0 aliphatic carbocycles. The van der Waals surface area contributed by atoms with E-state index in [1.54, 1.807) is 18.2 Å². The number of para-hydroxylation sites is 1. The first-order chi connectivity index (χ1) is 13.2. The molecule has 0 saturated heterocycles. The van der Waals surface area contributed by atoms with Crippen LogP contribution in [0.1, 0.15) is 25.9 Å². The quantitative estimate of drug-likeness (QED) is 0.638. The zero-order valence-electron chi connectivity index (χ0n) is 15.1. The summed E-state index contributed by atoms with van der Waals surface area (Å²) in [4.78, 5) is 12.3. The molecule has 0 unspecified atom stereocenters. The highest BCUT2D eigenvalue weighted by Gasteiger charge is 2.18. The van der Waals surface area contributed by atoms with Crippen LogP contribution in [-0.4, -0.2) is 24.5 Å². The Bertz CT molecular complexity index is 1110. The van der Waals surface area contributed by atoms with Crippen molar-refractivity contribution < 1.29 is 17.6 Å². The van der Waals surface area contributed by atoms with Gasteiger partial charge in [0.25, 0.3) is 5.91 Å². The summed E-state index contributed by atoms with van der Waals surface area (Å²) in [6, 6.07) is 10.8. The summed E-state index contributed by atoms with van der Waals surface area (Å²) >= 11 is 0.925. The van der Waals surface area contributed by atoms with Gasteiger partial charge in [-0.3, -0.25) is 4.79 Å². The second-order valence-corrected chi connectivity index (χ2v) is 8.91. The fourth-order valence-electron chi connectivity index (χ4n) is 2.48. The largest absolute Gasteiger partial charge is 0.317 e. The summed E-state index contributed by atoms with van der Waals surface area (Å²) in [7, 11) is -3.73. The number of benzene rings is 2. The van der Waals surface area contributed by atoms with Gasteiger partial charge in [-0.2, -0.15) is 0 Å². The number of nitrogens with zero attached hydrogens (tertiary/aromatic N) is 2. The van der Waals surface area contributed by atoms with Crippen LogP contribution in [0.25, 0.3) is 0 Å². The first-order valence-corrected chi connectivity index (χ1v) is 10.5. The van der Waals surface area contributed by atoms with Gasteiger partial charge in [-0.1, -0.05) is 29.5 Å². The van der Waals surface area contributed by atoms with E-state index in [-0.39, 0.29) is 22.1 Å². The summed E-state index contributed by atoms with van der Waals surface area (Å²) in [6.45, 7) is 3.52. The van der Waals surface area contributed by atoms with Gasteiger partial charge in [0, 0.05) is 0 Å². The van der Waals surface area contributed by atoms with E-state index in [2.05, 4.69) is 20.2 Å². The number of sulfonamides is 1. The van der Waals surface area contributed by atoms with E-state index in [0.717, 1.165) is 22.5 Å². The SMILES string of the molecule is Cc1cc(C)cc(S(=O)(=O)NCc2nnc(C(=O)Nc3ccccc3F)s2)c1. The van der Waals surface area contributed by atoms with E-state index in [9.17, 15) is 17.6 Å². The van der Waals surface area contributed by atoms with E-state index in [1.165, 1.54) is 18.2 Å². The third-order valence-corrected chi connectivity index (χ3v) is 6.00. The van der Waals surface area contributed by atoms with Gasteiger partial charge in [0.2, 0.25) is 15.0 Å². The molecule has 0 atom stereocenters. The minimum absolute atomic E-state index is 0.00357. The van der Waals surface area contributed by atoms with Crippen molar-refractivity contribution in [3.63, 3.8) is 0 Å². The van der Waals surface area contributed by atoms with E-state index < -0.39 is 21.7 Å². The molecule has 1 heterocycles. The molecule has 146 valence electrons. The Balaban J connectivity index is 1.67. The molecule has 1 aromatic heterocycles. The van der Waals surface area contributed by atoms with Crippen LogP contribution in [0.5, 0.6) is 0 Å². The molecule has 0 fully saturated rings. The first-order valence-electron chi connectivity index (χ1n) is 8.21. The average molecular weight is 420 g/mol. The fraction of sp³-hybridized carbons (Fsp3) is 0.167. The number of carbonyl (C=O) groups excluding carboxylic acids is 1. The lowest BCUT2D eigenvalue weighted by molar-refractivity contribution is 0.102. The summed E-state index contributed by atoms with van der Waals surface area (Å²) in [5.41, 5.74) is 1.70. The van der Waals surface area contributed by atoms with E-state index in [1.807, 2.05) is 19.9 Å². The highest BCUT2D eigenvalue weighted by Crippen LogP contribution is 2.18. The van der Waals surface area contributed by atoms with Gasteiger partial charge in [-0.25, -0.2) is 17.5 Å². The van der Waals surface area contributed by atoms with Crippen LogP contribution >= 0.6 is 11.3 Å². The van der Waals surface area contributed by atoms with Crippen LogP contribution in [0.3, 0.4) is 0 Å². The van der Waals surface area contributed by atoms with Gasteiger partial charge in [-0.05, 0) is 49.2 Å². The molecule has 10 heteroatoms. The van der Waals surface area contributed by atoms with E-state index >= 15 is 0 Å². The molecule has 0 aliphatic heterocycles. The lowest BCUT2D eigenvalue weighted by atomic mass is 10.2. The van der Waals surface area contributed by atoms with Gasteiger partial charge in [-0.15, -0.1) is 10.2 Å². The highest BCUT2D eigenvalue weighted by molar-refractivity contribution is 7.89. The Morgan fingerprint density at radius 2 is 1.79 bits per heavy atom. The summed E-state index contributed by atoms with van der Waals surface area (Å²) < 4.78 is 41.0. The number of amides is 1. The molecule has 0 aliphatic rings. The van der Waals surface area contributed by atoms with Crippen molar-refractivity contribution in [2.75, 3.05) is 5.32 Å². The number of halogens is 1. The van der Waals surface area contributed by atoms with Crippen molar-refractivity contribution in [1.29, 1.82) is 0 Å².